The zero-order valence-corrected chi connectivity index (χ0v) is 10.5. The molecule has 2 N–H and O–H groups in total. The molecule has 17 heavy (non-hydrogen) atoms. The fourth-order valence-electron chi connectivity index (χ4n) is 1.52. The molecule has 1 aromatic rings. The predicted octanol–water partition coefficient (Wildman–Crippen LogP) is 1.96. The van der Waals surface area contributed by atoms with E-state index in [4.69, 9.17) is 9.84 Å². The molecule has 0 spiro atoms. The SMILES string of the molecule is Cc1cc(CNCC(=O)O)ccc1OC(C)C. The van der Waals surface area contributed by atoms with Crippen molar-refractivity contribution in [1.29, 1.82) is 0 Å². The Bertz CT molecular complexity index is 388. The van der Waals surface area contributed by atoms with Crippen LogP contribution in [0.5, 0.6) is 5.75 Å². The molecule has 4 heteroatoms. The summed E-state index contributed by atoms with van der Waals surface area (Å²) in [5, 5.41) is 11.4. The van der Waals surface area contributed by atoms with E-state index in [0.29, 0.717) is 6.54 Å². The van der Waals surface area contributed by atoms with Gasteiger partial charge in [-0.3, -0.25) is 4.79 Å². The Balaban J connectivity index is 2.59. The van der Waals surface area contributed by atoms with Crippen molar-refractivity contribution >= 4 is 5.97 Å². The highest BCUT2D eigenvalue weighted by Gasteiger charge is 2.03. The molecule has 94 valence electrons. The summed E-state index contributed by atoms with van der Waals surface area (Å²) in [6, 6.07) is 5.87. The molecule has 0 aliphatic rings. The number of hydrogen-bond acceptors (Lipinski definition) is 3. The first kappa shape index (κ1) is 13.5. The number of aliphatic carboxylic acids is 1. The van der Waals surface area contributed by atoms with E-state index in [1.165, 1.54) is 0 Å². The van der Waals surface area contributed by atoms with Gasteiger partial charge in [-0.15, -0.1) is 0 Å². The molecule has 1 rings (SSSR count). The van der Waals surface area contributed by atoms with Crippen LogP contribution in [0.3, 0.4) is 0 Å². The van der Waals surface area contributed by atoms with Crippen LogP contribution >= 0.6 is 0 Å². The summed E-state index contributed by atoms with van der Waals surface area (Å²) in [6.45, 7) is 6.49. The van der Waals surface area contributed by atoms with Crippen LogP contribution < -0.4 is 10.1 Å². The minimum atomic E-state index is -0.846. The summed E-state index contributed by atoms with van der Waals surface area (Å²) in [5.74, 6) is 0.0310. The van der Waals surface area contributed by atoms with Crippen LogP contribution in [0, 0.1) is 6.92 Å². The molecule has 0 aliphatic carbocycles. The van der Waals surface area contributed by atoms with E-state index < -0.39 is 5.97 Å². The number of carboxylic acids is 1. The lowest BCUT2D eigenvalue weighted by atomic mass is 10.1. The molecule has 0 atom stereocenters. The molecule has 0 radical (unpaired) electrons. The van der Waals surface area contributed by atoms with Crippen molar-refractivity contribution in [2.75, 3.05) is 6.54 Å². The van der Waals surface area contributed by atoms with Crippen LogP contribution in [0.4, 0.5) is 0 Å². The number of nitrogens with one attached hydrogen (secondary N) is 1. The molecule has 0 fully saturated rings. The van der Waals surface area contributed by atoms with Crippen LogP contribution in [0.25, 0.3) is 0 Å². The van der Waals surface area contributed by atoms with Crippen LogP contribution in [0.15, 0.2) is 18.2 Å². The summed E-state index contributed by atoms with van der Waals surface area (Å²) in [5.41, 5.74) is 2.12. The van der Waals surface area contributed by atoms with Gasteiger partial charge in [0.05, 0.1) is 12.6 Å². The molecular formula is C13H19NO3. The Morgan fingerprint density at radius 1 is 1.47 bits per heavy atom. The van der Waals surface area contributed by atoms with Crippen molar-refractivity contribution in [3.63, 3.8) is 0 Å². The van der Waals surface area contributed by atoms with E-state index in [1.54, 1.807) is 0 Å². The van der Waals surface area contributed by atoms with E-state index >= 15 is 0 Å². The lowest BCUT2D eigenvalue weighted by molar-refractivity contribution is -0.135. The second kappa shape index (κ2) is 6.25. The molecule has 0 unspecified atom stereocenters. The molecule has 0 aliphatic heterocycles. The third-order valence-corrected chi connectivity index (χ3v) is 2.21. The zero-order valence-electron chi connectivity index (χ0n) is 10.5. The van der Waals surface area contributed by atoms with E-state index in [9.17, 15) is 4.79 Å². The van der Waals surface area contributed by atoms with Crippen molar-refractivity contribution in [2.45, 2.75) is 33.4 Å². The topological polar surface area (TPSA) is 58.6 Å². The zero-order chi connectivity index (χ0) is 12.8. The standard InChI is InChI=1S/C13H19NO3/c1-9(2)17-12-5-4-11(6-10(12)3)7-14-8-13(15)16/h4-6,9,14H,7-8H2,1-3H3,(H,15,16). The summed E-state index contributed by atoms with van der Waals surface area (Å²) < 4.78 is 5.63. The minimum Gasteiger partial charge on any atom is -0.491 e. The number of rotatable bonds is 6. The highest BCUT2D eigenvalue weighted by molar-refractivity contribution is 5.69. The molecule has 0 amide bonds. The number of carbonyl (C=O) groups is 1. The fraction of sp³-hybridized carbons (Fsp3) is 0.462. The summed E-state index contributed by atoms with van der Waals surface area (Å²) >= 11 is 0. The van der Waals surface area contributed by atoms with Crippen molar-refractivity contribution in [1.82, 2.24) is 5.32 Å². The number of aryl methyl sites for hydroxylation is 1. The van der Waals surface area contributed by atoms with E-state index in [0.717, 1.165) is 16.9 Å². The number of ether oxygens (including phenoxy) is 1. The second-order valence-corrected chi connectivity index (χ2v) is 4.26. The largest absolute Gasteiger partial charge is 0.491 e. The first-order chi connectivity index (χ1) is 7.99. The molecule has 0 bridgehead atoms. The van der Waals surface area contributed by atoms with Gasteiger partial charge in [-0.1, -0.05) is 12.1 Å². The maximum atomic E-state index is 10.3. The summed E-state index contributed by atoms with van der Waals surface area (Å²) in [7, 11) is 0. The summed E-state index contributed by atoms with van der Waals surface area (Å²) in [4.78, 5) is 10.3. The smallest absolute Gasteiger partial charge is 0.317 e. The molecule has 4 nitrogen and oxygen atoms in total. The van der Waals surface area contributed by atoms with Gasteiger partial charge in [-0.05, 0) is 38.0 Å². The first-order valence-electron chi connectivity index (χ1n) is 5.67. The Hall–Kier alpha value is -1.55. The Morgan fingerprint density at radius 3 is 2.71 bits per heavy atom. The van der Waals surface area contributed by atoms with Gasteiger partial charge in [0.2, 0.25) is 0 Å². The Morgan fingerprint density at radius 2 is 2.18 bits per heavy atom. The third kappa shape index (κ3) is 4.87. The van der Waals surface area contributed by atoms with Crippen molar-refractivity contribution < 1.29 is 14.6 Å². The molecular weight excluding hydrogens is 218 g/mol. The minimum absolute atomic E-state index is 0.0245. The molecule has 0 saturated heterocycles. The van der Waals surface area contributed by atoms with Gasteiger partial charge in [-0.25, -0.2) is 0 Å². The van der Waals surface area contributed by atoms with E-state index in [-0.39, 0.29) is 12.6 Å². The van der Waals surface area contributed by atoms with Crippen LogP contribution in [0.2, 0.25) is 0 Å². The monoisotopic (exact) mass is 237 g/mol. The number of benzene rings is 1. The normalized spacial score (nSPS) is 10.6. The van der Waals surface area contributed by atoms with Gasteiger partial charge in [-0.2, -0.15) is 0 Å². The number of carboxylic acid groups (broad SMARTS) is 1. The number of hydrogen-bond donors (Lipinski definition) is 2. The van der Waals surface area contributed by atoms with Gasteiger partial charge in [0.1, 0.15) is 5.75 Å². The van der Waals surface area contributed by atoms with Gasteiger partial charge in [0.25, 0.3) is 0 Å². The average Bonchev–Trinajstić information content (AvgIpc) is 2.21. The maximum Gasteiger partial charge on any atom is 0.317 e. The molecule has 0 heterocycles. The highest BCUT2D eigenvalue weighted by Crippen LogP contribution is 2.20. The van der Waals surface area contributed by atoms with Gasteiger partial charge in [0.15, 0.2) is 0 Å². The van der Waals surface area contributed by atoms with Crippen molar-refractivity contribution in [2.24, 2.45) is 0 Å². The lowest BCUT2D eigenvalue weighted by Crippen LogP contribution is -2.21. The van der Waals surface area contributed by atoms with Gasteiger partial charge < -0.3 is 15.2 Å². The fourth-order valence-corrected chi connectivity index (χ4v) is 1.52. The van der Waals surface area contributed by atoms with Crippen molar-refractivity contribution in [3.05, 3.63) is 29.3 Å². The van der Waals surface area contributed by atoms with Crippen LogP contribution in [0.1, 0.15) is 25.0 Å². The second-order valence-electron chi connectivity index (χ2n) is 4.26. The highest BCUT2D eigenvalue weighted by atomic mass is 16.5. The lowest BCUT2D eigenvalue weighted by Gasteiger charge is -2.13. The maximum absolute atomic E-state index is 10.3. The van der Waals surface area contributed by atoms with Crippen LogP contribution in [-0.4, -0.2) is 23.7 Å². The summed E-state index contributed by atoms with van der Waals surface area (Å²) in [6.07, 6.45) is 0.157. The van der Waals surface area contributed by atoms with E-state index in [1.807, 2.05) is 39.0 Å². The Kier molecular flexibility index (Phi) is 4.97. The average molecular weight is 237 g/mol. The van der Waals surface area contributed by atoms with Gasteiger partial charge in [0, 0.05) is 6.54 Å². The van der Waals surface area contributed by atoms with E-state index in [2.05, 4.69) is 5.32 Å². The molecule has 0 saturated carbocycles. The van der Waals surface area contributed by atoms with Crippen molar-refractivity contribution in [3.8, 4) is 5.75 Å². The molecule has 0 aromatic heterocycles. The quantitative estimate of drug-likeness (QED) is 0.794. The predicted molar refractivity (Wildman–Crippen MR) is 66.3 cm³/mol. The third-order valence-electron chi connectivity index (χ3n) is 2.21. The first-order valence-corrected chi connectivity index (χ1v) is 5.67. The molecule has 1 aromatic carbocycles. The Labute approximate surface area is 102 Å². The van der Waals surface area contributed by atoms with Gasteiger partial charge >= 0.3 is 5.97 Å². The van der Waals surface area contributed by atoms with Crippen LogP contribution in [-0.2, 0) is 11.3 Å².